The molecule has 1 saturated heterocycles. The van der Waals surface area contributed by atoms with E-state index in [0.717, 1.165) is 57.7 Å². The van der Waals surface area contributed by atoms with Crippen molar-refractivity contribution in [2.75, 3.05) is 37.6 Å². The number of rotatable bonds is 8. The van der Waals surface area contributed by atoms with Crippen molar-refractivity contribution >= 4 is 23.1 Å². The molecule has 0 N–H and O–H groups in total. The van der Waals surface area contributed by atoms with Gasteiger partial charge in [0.05, 0.1) is 10.9 Å². The van der Waals surface area contributed by atoms with Crippen molar-refractivity contribution in [1.82, 2.24) is 4.90 Å². The zero-order valence-corrected chi connectivity index (χ0v) is 18.5. The number of hydrogen-bond acceptors (Lipinski definition) is 4. The number of hydrogen-bond donors (Lipinski definition) is 0. The minimum Gasteiger partial charge on any atom is -0.489 e. The maximum Gasteiger partial charge on any atom is 0.141 e. The summed E-state index contributed by atoms with van der Waals surface area (Å²) in [5.74, 6) is 1.19. The second kappa shape index (κ2) is 9.84. The molecule has 0 radical (unpaired) electrons. The van der Waals surface area contributed by atoms with Crippen molar-refractivity contribution in [3.05, 3.63) is 59.1 Å². The fourth-order valence-electron chi connectivity index (χ4n) is 4.68. The average Bonchev–Trinajstić information content (AvgIpc) is 3.15. The quantitative estimate of drug-likeness (QED) is 0.584. The first kappa shape index (κ1) is 21.2. The second-order valence-corrected chi connectivity index (χ2v) is 8.73. The highest BCUT2D eigenvalue weighted by molar-refractivity contribution is 6.32. The molecule has 2 aromatic rings. The molecule has 2 heterocycles. The van der Waals surface area contributed by atoms with Crippen LogP contribution in [0.2, 0.25) is 5.02 Å². The molecule has 2 aliphatic rings. The van der Waals surface area contributed by atoms with E-state index in [1.54, 1.807) is 0 Å². The van der Waals surface area contributed by atoms with Gasteiger partial charge in [-0.05, 0) is 49.6 Å². The number of halogens is 1. The lowest BCUT2D eigenvalue weighted by molar-refractivity contribution is -0.119. The van der Waals surface area contributed by atoms with Crippen LogP contribution in [0.4, 0.5) is 5.69 Å². The molecule has 5 heteroatoms. The molecule has 30 heavy (non-hydrogen) atoms. The van der Waals surface area contributed by atoms with Gasteiger partial charge in [-0.2, -0.15) is 0 Å². The molecule has 1 atom stereocenters. The van der Waals surface area contributed by atoms with Crippen LogP contribution < -0.4 is 9.64 Å². The molecule has 0 saturated carbocycles. The first-order valence-electron chi connectivity index (χ1n) is 11.2. The van der Waals surface area contributed by atoms with Gasteiger partial charge >= 0.3 is 0 Å². The van der Waals surface area contributed by atoms with Crippen LogP contribution in [0.3, 0.4) is 0 Å². The Morgan fingerprint density at radius 1 is 1.07 bits per heavy atom. The third kappa shape index (κ3) is 4.81. The van der Waals surface area contributed by atoms with Crippen LogP contribution >= 0.6 is 11.6 Å². The summed E-state index contributed by atoms with van der Waals surface area (Å²) in [6.07, 6.45) is 4.03. The van der Waals surface area contributed by atoms with Gasteiger partial charge < -0.3 is 14.5 Å². The Kier molecular flexibility index (Phi) is 6.96. The van der Waals surface area contributed by atoms with Crippen LogP contribution in [-0.2, 0) is 4.79 Å². The number of benzene rings is 2. The van der Waals surface area contributed by atoms with E-state index >= 15 is 0 Å². The molecular formula is C25H31ClN2O2. The Hall–Kier alpha value is -2.04. The van der Waals surface area contributed by atoms with Crippen LogP contribution in [0, 0.1) is 0 Å². The number of carbonyl (C=O) groups excluding carboxylic acids is 1. The second-order valence-electron chi connectivity index (χ2n) is 8.32. The predicted molar refractivity (Wildman–Crippen MR) is 123 cm³/mol. The Bertz CT molecular complexity index is 864. The summed E-state index contributed by atoms with van der Waals surface area (Å²) in [4.78, 5) is 17.3. The fourth-order valence-corrected chi connectivity index (χ4v) is 4.86. The summed E-state index contributed by atoms with van der Waals surface area (Å²) in [6, 6.07) is 16.1. The van der Waals surface area contributed by atoms with Gasteiger partial charge in [-0.15, -0.1) is 0 Å². The average molecular weight is 427 g/mol. The standard InChI is InChI=1S/C25H31ClN2O2/c1-2-24(29)21-18-28(23-10-5-3-8-20(21)23)15-7-14-27-16-12-19(13-17-27)30-25-11-6-4-9-22(25)26/h3-6,8-11,19,21H,2,7,12-18H2,1H3. The predicted octanol–water partition coefficient (Wildman–Crippen LogP) is 5.16. The summed E-state index contributed by atoms with van der Waals surface area (Å²) < 4.78 is 6.11. The highest BCUT2D eigenvalue weighted by Crippen LogP contribution is 2.37. The third-order valence-corrected chi connectivity index (χ3v) is 6.67. The van der Waals surface area contributed by atoms with Gasteiger partial charge in [-0.3, -0.25) is 4.79 Å². The van der Waals surface area contributed by atoms with E-state index in [0.29, 0.717) is 17.2 Å². The summed E-state index contributed by atoms with van der Waals surface area (Å²) in [5, 5.41) is 0.686. The number of fused-ring (bicyclic) bond motifs is 1. The van der Waals surface area contributed by atoms with E-state index in [1.165, 1.54) is 11.3 Å². The van der Waals surface area contributed by atoms with E-state index in [1.807, 2.05) is 37.3 Å². The largest absolute Gasteiger partial charge is 0.489 e. The molecule has 0 aromatic heterocycles. The van der Waals surface area contributed by atoms with E-state index < -0.39 is 0 Å². The number of piperidine rings is 1. The molecule has 1 unspecified atom stereocenters. The molecule has 0 spiro atoms. The zero-order valence-electron chi connectivity index (χ0n) is 17.7. The lowest BCUT2D eigenvalue weighted by atomic mass is 9.95. The molecule has 0 amide bonds. The van der Waals surface area contributed by atoms with Crippen LogP contribution in [0.5, 0.6) is 5.75 Å². The van der Waals surface area contributed by atoms with Crippen molar-refractivity contribution in [3.63, 3.8) is 0 Å². The smallest absolute Gasteiger partial charge is 0.141 e. The Labute approximate surface area is 184 Å². The van der Waals surface area contributed by atoms with Crippen molar-refractivity contribution in [1.29, 1.82) is 0 Å². The molecule has 160 valence electrons. The Morgan fingerprint density at radius 2 is 1.80 bits per heavy atom. The maximum atomic E-state index is 12.4. The minimum atomic E-state index is 0.0453. The van der Waals surface area contributed by atoms with Gasteiger partial charge in [-0.25, -0.2) is 0 Å². The number of ether oxygens (including phenoxy) is 1. The van der Waals surface area contributed by atoms with Crippen molar-refractivity contribution in [2.24, 2.45) is 0 Å². The molecule has 4 nitrogen and oxygen atoms in total. The number of ketones is 1. The van der Waals surface area contributed by atoms with Crippen LogP contribution in [0.25, 0.3) is 0 Å². The molecule has 2 aliphatic heterocycles. The molecule has 0 bridgehead atoms. The van der Waals surface area contributed by atoms with E-state index in [9.17, 15) is 4.79 Å². The van der Waals surface area contributed by atoms with E-state index in [4.69, 9.17) is 16.3 Å². The van der Waals surface area contributed by atoms with Crippen molar-refractivity contribution in [2.45, 2.75) is 44.6 Å². The van der Waals surface area contributed by atoms with E-state index in [-0.39, 0.29) is 12.0 Å². The Morgan fingerprint density at radius 3 is 2.57 bits per heavy atom. The maximum absolute atomic E-state index is 12.4. The van der Waals surface area contributed by atoms with Crippen LogP contribution in [0.1, 0.15) is 44.1 Å². The first-order chi connectivity index (χ1) is 14.7. The third-order valence-electron chi connectivity index (χ3n) is 6.36. The monoisotopic (exact) mass is 426 g/mol. The lowest BCUT2D eigenvalue weighted by Gasteiger charge is -2.32. The number of Topliss-reactive ketones (excluding diaryl/α,β-unsaturated/α-hetero) is 1. The molecule has 0 aliphatic carbocycles. The number of carbonyl (C=O) groups is 1. The van der Waals surface area contributed by atoms with Gasteiger partial charge in [0.15, 0.2) is 0 Å². The fraction of sp³-hybridized carbons (Fsp3) is 0.480. The molecular weight excluding hydrogens is 396 g/mol. The van der Waals surface area contributed by atoms with Crippen molar-refractivity contribution < 1.29 is 9.53 Å². The highest BCUT2D eigenvalue weighted by Gasteiger charge is 2.32. The first-order valence-corrected chi connectivity index (χ1v) is 11.5. The Balaban J connectivity index is 1.23. The van der Waals surface area contributed by atoms with Gasteiger partial charge in [0.25, 0.3) is 0 Å². The van der Waals surface area contributed by atoms with Crippen molar-refractivity contribution in [3.8, 4) is 5.75 Å². The van der Waals surface area contributed by atoms with Crippen LogP contribution in [-0.4, -0.2) is 49.5 Å². The van der Waals surface area contributed by atoms with Gasteiger partial charge in [0.2, 0.25) is 0 Å². The van der Waals surface area contributed by atoms with Crippen LogP contribution in [0.15, 0.2) is 48.5 Å². The topological polar surface area (TPSA) is 32.8 Å². The minimum absolute atomic E-state index is 0.0453. The number of anilines is 1. The SMILES string of the molecule is CCC(=O)C1CN(CCCN2CCC(Oc3ccccc3Cl)CC2)c2ccccc21. The van der Waals surface area contributed by atoms with Gasteiger partial charge in [-0.1, -0.05) is 48.9 Å². The molecule has 1 fully saturated rings. The summed E-state index contributed by atoms with van der Waals surface area (Å²) >= 11 is 6.22. The number of nitrogens with zero attached hydrogens (tertiary/aromatic N) is 2. The summed E-state index contributed by atoms with van der Waals surface area (Å²) in [7, 11) is 0. The van der Waals surface area contributed by atoms with E-state index in [2.05, 4.69) is 28.0 Å². The van der Waals surface area contributed by atoms with Gasteiger partial charge in [0, 0.05) is 38.3 Å². The van der Waals surface area contributed by atoms with Gasteiger partial charge in [0.1, 0.15) is 17.6 Å². The molecule has 2 aromatic carbocycles. The normalized spacial score (nSPS) is 19.7. The summed E-state index contributed by atoms with van der Waals surface area (Å²) in [5.41, 5.74) is 2.46. The summed E-state index contributed by atoms with van der Waals surface area (Å²) in [6.45, 7) is 7.00. The number of likely N-dealkylation sites (tertiary alicyclic amines) is 1. The highest BCUT2D eigenvalue weighted by atomic mass is 35.5. The number of para-hydroxylation sites is 2. The zero-order chi connectivity index (χ0) is 20.9. The lowest BCUT2D eigenvalue weighted by Crippen LogP contribution is -2.39. The molecule has 4 rings (SSSR count).